The van der Waals surface area contributed by atoms with Crippen LogP contribution in [0.15, 0.2) is 18.5 Å². The van der Waals surface area contributed by atoms with E-state index in [0.717, 1.165) is 23.6 Å². The Morgan fingerprint density at radius 1 is 0.771 bits per heavy atom. The molecule has 1 rings (SSSR count). The van der Waals surface area contributed by atoms with Crippen LogP contribution in [0.4, 0.5) is 0 Å². The molecule has 0 saturated carbocycles. The molecule has 0 atom stereocenters. The van der Waals surface area contributed by atoms with Crippen LogP contribution < -0.4 is 15.2 Å². The molecular weight excluding hydrogens is 648 g/mol. The smallest absolute Gasteiger partial charge is 0.177 e. The first-order valence-corrected chi connectivity index (χ1v) is 31.6. The highest BCUT2D eigenvalue weighted by Gasteiger charge is 2.30. The average molecular weight is 690 g/mol. The molecule has 0 unspecified atom stereocenters. The van der Waals surface area contributed by atoms with Crippen LogP contribution in [0, 0.1) is 0 Å². The summed E-state index contributed by atoms with van der Waals surface area (Å²) in [6.07, 6.45) is 4.56. The number of rotatable bonds is 14. The fourth-order valence-corrected chi connectivity index (χ4v) is 29.3. The van der Waals surface area contributed by atoms with E-state index < -0.39 is 50.1 Å². The van der Waals surface area contributed by atoms with Crippen LogP contribution in [0.25, 0.3) is 0 Å². The molecule has 0 aliphatic heterocycles. The van der Waals surface area contributed by atoms with Crippen LogP contribution >= 0.6 is 40.0 Å². The second-order valence-electron chi connectivity index (χ2n) is 11.0. The van der Waals surface area contributed by atoms with Crippen molar-refractivity contribution >= 4 is 108 Å². The summed E-state index contributed by atoms with van der Waals surface area (Å²) < 4.78 is 35.4. The average Bonchev–Trinajstić information content (AvgIpc) is 2.54. The van der Waals surface area contributed by atoms with Crippen molar-refractivity contribution in [2.24, 2.45) is 0 Å². The van der Waals surface area contributed by atoms with E-state index >= 15 is 0 Å². The fourth-order valence-electron chi connectivity index (χ4n) is 3.63. The van der Waals surface area contributed by atoms with Gasteiger partial charge in [0.2, 0.25) is 0 Å². The predicted molar refractivity (Wildman–Crippen MR) is 183 cm³/mol. The van der Waals surface area contributed by atoms with Crippen molar-refractivity contribution in [3.63, 3.8) is 0 Å². The molecule has 0 N–H and O–H groups in total. The summed E-state index contributed by atoms with van der Waals surface area (Å²) in [6, 6.07) is -3.62. The van der Waals surface area contributed by atoms with E-state index in [1.165, 1.54) is 10.6 Å². The maximum Gasteiger partial charge on any atom is 0.177 e. The van der Waals surface area contributed by atoms with Crippen molar-refractivity contribution in [3.8, 4) is 0 Å². The Kier molecular flexibility index (Phi) is 14.1. The van der Waals surface area contributed by atoms with Gasteiger partial charge in [-0.05, 0) is 82.8 Å². The van der Waals surface area contributed by atoms with Gasteiger partial charge in [0.25, 0.3) is 0 Å². The van der Waals surface area contributed by atoms with Gasteiger partial charge in [0.1, 0.15) is 6.54 Å². The molecular formula is C20H41NO3P6S5. The van der Waals surface area contributed by atoms with E-state index in [1.807, 2.05) is 6.20 Å². The third-order valence-electron chi connectivity index (χ3n) is 4.51. The summed E-state index contributed by atoms with van der Waals surface area (Å²) in [5.41, 5.74) is 0. The molecule has 4 nitrogen and oxygen atoms in total. The van der Waals surface area contributed by atoms with E-state index in [-0.39, 0.29) is 5.75 Å². The highest BCUT2D eigenvalue weighted by Crippen LogP contribution is 2.62. The molecule has 1 aromatic rings. The van der Waals surface area contributed by atoms with Crippen LogP contribution in [0.5, 0.6) is 0 Å². The standard InChI is InChI=1S/C20H41NO3P6S5/c1-27(2,31)15-25(16-28(3,4)32)19-10-12-21(11-9-13-35(22,23)24)14-20(19)26(17-29(5,6)33)18-30(7,8)34/h10,12,14H,9,11,13,15-18H2,1-8H3. The first-order valence-electron chi connectivity index (χ1n) is 11.1. The highest BCUT2D eigenvalue weighted by molar-refractivity contribution is 8.21. The third-order valence-corrected chi connectivity index (χ3v) is 28.1. The van der Waals surface area contributed by atoms with Gasteiger partial charge in [-0.3, -0.25) is 0 Å². The molecule has 0 amide bonds. The summed E-state index contributed by atoms with van der Waals surface area (Å²) in [7, 11) is -5.29. The molecule has 0 aliphatic carbocycles. The van der Waals surface area contributed by atoms with Gasteiger partial charge in [-0.2, -0.15) is 0 Å². The van der Waals surface area contributed by atoms with Crippen LogP contribution in [0.1, 0.15) is 6.42 Å². The van der Waals surface area contributed by atoms with Gasteiger partial charge in [0.15, 0.2) is 12.4 Å². The number of aromatic nitrogens is 1. The lowest BCUT2D eigenvalue weighted by atomic mass is 10.4. The van der Waals surface area contributed by atoms with Gasteiger partial charge in [0.05, 0.1) is 10.1 Å². The topological polar surface area (TPSA) is 61.1 Å². The Morgan fingerprint density at radius 3 is 1.49 bits per heavy atom. The van der Waals surface area contributed by atoms with Crippen LogP contribution in [0.2, 0.25) is 0 Å². The molecule has 204 valence electrons. The van der Waals surface area contributed by atoms with Gasteiger partial charge in [-0.25, -0.2) is 13.0 Å². The quantitative estimate of drug-likeness (QED) is 0.156. The number of hydrogen-bond donors (Lipinski definition) is 0. The van der Waals surface area contributed by atoms with Crippen molar-refractivity contribution in [1.29, 1.82) is 0 Å². The van der Waals surface area contributed by atoms with Crippen LogP contribution in [0.3, 0.4) is 0 Å². The lowest BCUT2D eigenvalue weighted by Crippen LogP contribution is -2.41. The Labute approximate surface area is 237 Å². The molecule has 0 fully saturated rings. The van der Waals surface area contributed by atoms with E-state index in [9.17, 15) is 13.0 Å². The molecule has 1 aromatic heterocycles. The Hall–Kier alpha value is 2.52. The summed E-state index contributed by atoms with van der Waals surface area (Å²) in [6.45, 7) is 18.3. The Balaban J connectivity index is 3.72. The third kappa shape index (κ3) is 17.1. The number of pyridine rings is 1. The minimum atomic E-state index is -4.22. The van der Waals surface area contributed by atoms with Crippen LogP contribution in [-0.2, 0) is 63.9 Å². The Bertz CT molecular complexity index is 1130. The lowest BCUT2D eigenvalue weighted by Gasteiger charge is -2.31. The van der Waals surface area contributed by atoms with E-state index in [4.69, 9.17) is 47.2 Å². The molecule has 0 aromatic carbocycles. The summed E-state index contributed by atoms with van der Waals surface area (Å²) in [4.78, 5) is 0. The minimum absolute atomic E-state index is 0.302. The zero-order valence-corrected chi connectivity index (χ0v) is 31.5. The van der Waals surface area contributed by atoms with Crippen molar-refractivity contribution in [1.82, 2.24) is 0 Å². The van der Waals surface area contributed by atoms with Crippen molar-refractivity contribution in [2.75, 3.05) is 82.7 Å². The second kappa shape index (κ2) is 13.9. The van der Waals surface area contributed by atoms with Gasteiger partial charge in [0, 0.05) is 47.2 Å². The molecule has 35 heavy (non-hydrogen) atoms. The monoisotopic (exact) mass is 689 g/mol. The summed E-state index contributed by atoms with van der Waals surface area (Å²) in [5.74, 6) is 3.78. The zero-order chi connectivity index (χ0) is 27.5. The van der Waals surface area contributed by atoms with Gasteiger partial charge in [-0.15, -0.1) is 0 Å². The normalized spacial score (nSPS) is 14.1. The Morgan fingerprint density at radius 2 is 1.14 bits per heavy atom. The SMILES string of the molecule is CP(C)(=S)CP(CP(C)(C)=S)c1cc[n+](CCCS(=O)(=O)[O-])cc1P(CP(C)(C)=S)CP(C)(C)=S. The highest BCUT2D eigenvalue weighted by atomic mass is 32.5. The molecule has 0 saturated heterocycles. The number of aryl methyl sites for hydroxylation is 1. The molecule has 0 radical (unpaired) electrons. The first-order chi connectivity index (χ1) is 15.4. The number of nitrogens with zero attached hydrogens (tertiary/aromatic N) is 1. The molecule has 0 spiro atoms. The van der Waals surface area contributed by atoms with Crippen molar-refractivity contribution < 1.29 is 17.5 Å². The van der Waals surface area contributed by atoms with Crippen LogP contribution in [-0.4, -0.2) is 95.7 Å². The van der Waals surface area contributed by atoms with Gasteiger partial charge < -0.3 is 4.55 Å². The maximum absolute atomic E-state index is 11.1. The van der Waals surface area contributed by atoms with E-state index in [2.05, 4.69) is 70.1 Å². The summed E-state index contributed by atoms with van der Waals surface area (Å²) in [5, 5.41) is 2.77. The largest absolute Gasteiger partial charge is 0.748 e. The van der Waals surface area contributed by atoms with Gasteiger partial charge >= 0.3 is 0 Å². The minimum Gasteiger partial charge on any atom is -0.748 e. The molecule has 1 heterocycles. The van der Waals surface area contributed by atoms with Crippen molar-refractivity contribution in [2.45, 2.75) is 13.0 Å². The van der Waals surface area contributed by atoms with Crippen molar-refractivity contribution in [3.05, 3.63) is 18.5 Å². The lowest BCUT2D eigenvalue weighted by molar-refractivity contribution is -0.695. The molecule has 0 aliphatic rings. The fraction of sp³-hybridized carbons (Fsp3) is 0.750. The predicted octanol–water partition coefficient (Wildman–Crippen LogP) is 4.91. The molecule has 0 bridgehead atoms. The summed E-state index contributed by atoms with van der Waals surface area (Å²) >= 11 is 23.8. The number of hydrogen-bond acceptors (Lipinski definition) is 7. The van der Waals surface area contributed by atoms with Gasteiger partial charge in [-0.1, -0.05) is 63.1 Å². The molecule has 15 heteroatoms. The first kappa shape index (κ1) is 35.5. The second-order valence-corrected chi connectivity index (χ2v) is 44.6. The van der Waals surface area contributed by atoms with E-state index in [0.29, 0.717) is 13.0 Å². The van der Waals surface area contributed by atoms with E-state index in [1.54, 1.807) is 0 Å². The maximum atomic E-state index is 11.1. The zero-order valence-electron chi connectivity index (χ0n) is 22.1.